The molecule has 10 heteroatoms. The summed E-state index contributed by atoms with van der Waals surface area (Å²) in [5, 5.41) is 12.8. The monoisotopic (exact) mass is 502 g/mol. The number of rotatable bonds is 10. The number of ether oxygens (including phenoxy) is 3. The van der Waals surface area contributed by atoms with Crippen LogP contribution >= 0.6 is 23.2 Å². The SMILES string of the molecule is COc1cc(C(=O)N/N=C/c2cc(Cl)c(OCC(=O)O)c(Cl)c2)ccc1OCc1ccccc1. The van der Waals surface area contributed by atoms with Gasteiger partial charge in [0, 0.05) is 5.56 Å². The number of methoxy groups -OCH3 is 1. The Balaban J connectivity index is 1.63. The van der Waals surface area contributed by atoms with E-state index in [9.17, 15) is 9.59 Å². The van der Waals surface area contributed by atoms with Crippen LogP contribution in [0.2, 0.25) is 10.0 Å². The van der Waals surface area contributed by atoms with Crippen molar-refractivity contribution in [3.05, 3.63) is 87.4 Å². The average Bonchev–Trinajstić information content (AvgIpc) is 2.82. The molecule has 0 radical (unpaired) electrons. The summed E-state index contributed by atoms with van der Waals surface area (Å²) in [6.07, 6.45) is 1.34. The molecule has 3 aromatic carbocycles. The predicted octanol–water partition coefficient (Wildman–Crippen LogP) is 4.81. The van der Waals surface area contributed by atoms with Gasteiger partial charge in [-0.05, 0) is 41.5 Å². The highest BCUT2D eigenvalue weighted by Crippen LogP contribution is 2.34. The molecule has 176 valence electrons. The number of nitrogens with zero attached hydrogens (tertiary/aromatic N) is 1. The Labute approximate surface area is 205 Å². The second kappa shape index (κ2) is 11.9. The number of carbonyl (C=O) groups excluding carboxylic acids is 1. The van der Waals surface area contributed by atoms with Crippen molar-refractivity contribution in [3.63, 3.8) is 0 Å². The van der Waals surface area contributed by atoms with Crippen LogP contribution in [0.3, 0.4) is 0 Å². The molecule has 0 unspecified atom stereocenters. The Kier molecular flexibility index (Phi) is 8.73. The maximum atomic E-state index is 12.5. The summed E-state index contributed by atoms with van der Waals surface area (Å²) in [5.41, 5.74) is 4.20. The van der Waals surface area contributed by atoms with Crippen molar-refractivity contribution in [1.82, 2.24) is 5.43 Å². The highest BCUT2D eigenvalue weighted by atomic mass is 35.5. The largest absolute Gasteiger partial charge is 0.493 e. The summed E-state index contributed by atoms with van der Waals surface area (Å²) in [4.78, 5) is 23.1. The van der Waals surface area contributed by atoms with Gasteiger partial charge in [-0.1, -0.05) is 53.5 Å². The van der Waals surface area contributed by atoms with Crippen LogP contribution < -0.4 is 19.6 Å². The number of carboxylic acid groups (broad SMARTS) is 1. The van der Waals surface area contributed by atoms with E-state index >= 15 is 0 Å². The van der Waals surface area contributed by atoms with Crippen LogP contribution in [0.5, 0.6) is 17.2 Å². The third kappa shape index (κ3) is 6.87. The van der Waals surface area contributed by atoms with Gasteiger partial charge in [0.05, 0.1) is 23.4 Å². The first-order chi connectivity index (χ1) is 16.4. The van der Waals surface area contributed by atoms with E-state index in [4.69, 9.17) is 42.5 Å². The van der Waals surface area contributed by atoms with Crippen molar-refractivity contribution in [1.29, 1.82) is 0 Å². The molecule has 0 saturated carbocycles. The minimum absolute atomic E-state index is 0.0496. The zero-order valence-corrected chi connectivity index (χ0v) is 19.5. The van der Waals surface area contributed by atoms with Gasteiger partial charge >= 0.3 is 5.97 Å². The number of carboxylic acids is 1. The fourth-order valence-corrected chi connectivity index (χ4v) is 3.43. The molecule has 8 nitrogen and oxygen atoms in total. The molecule has 0 saturated heterocycles. The van der Waals surface area contributed by atoms with E-state index in [0.717, 1.165) is 5.56 Å². The van der Waals surface area contributed by atoms with Crippen LogP contribution in [0, 0.1) is 0 Å². The Morgan fingerprint density at radius 3 is 2.35 bits per heavy atom. The number of amides is 1. The molecule has 1 amide bonds. The van der Waals surface area contributed by atoms with E-state index in [1.807, 2.05) is 30.3 Å². The molecule has 0 aliphatic carbocycles. The summed E-state index contributed by atoms with van der Waals surface area (Å²) in [6.45, 7) is -0.221. The normalized spacial score (nSPS) is 10.7. The molecule has 0 aliphatic rings. The second-order valence-corrected chi connectivity index (χ2v) is 7.65. The van der Waals surface area contributed by atoms with Crippen LogP contribution in [-0.2, 0) is 11.4 Å². The summed E-state index contributed by atoms with van der Waals surface area (Å²) in [5.74, 6) is -0.673. The van der Waals surface area contributed by atoms with Crippen LogP contribution in [0.1, 0.15) is 21.5 Å². The number of halogens is 2. The Bertz CT molecular complexity index is 1180. The molecule has 3 aromatic rings. The Hall–Kier alpha value is -3.75. The van der Waals surface area contributed by atoms with E-state index in [1.165, 1.54) is 25.5 Å². The van der Waals surface area contributed by atoms with Gasteiger partial charge in [0.15, 0.2) is 23.9 Å². The van der Waals surface area contributed by atoms with Crippen molar-refractivity contribution < 1.29 is 28.9 Å². The molecular weight excluding hydrogens is 483 g/mol. The van der Waals surface area contributed by atoms with E-state index < -0.39 is 18.5 Å². The molecule has 34 heavy (non-hydrogen) atoms. The minimum Gasteiger partial charge on any atom is -0.493 e. The zero-order chi connectivity index (χ0) is 24.5. The molecule has 0 spiro atoms. The molecule has 0 fully saturated rings. The zero-order valence-electron chi connectivity index (χ0n) is 18.0. The third-order valence-electron chi connectivity index (χ3n) is 4.40. The lowest BCUT2D eigenvalue weighted by atomic mass is 10.2. The van der Waals surface area contributed by atoms with E-state index in [2.05, 4.69) is 10.5 Å². The van der Waals surface area contributed by atoms with Gasteiger partial charge in [-0.15, -0.1) is 0 Å². The fraction of sp³-hybridized carbons (Fsp3) is 0.125. The van der Waals surface area contributed by atoms with Crippen molar-refractivity contribution in [3.8, 4) is 17.2 Å². The smallest absolute Gasteiger partial charge is 0.341 e. The lowest BCUT2D eigenvalue weighted by Gasteiger charge is -2.12. The quantitative estimate of drug-likeness (QED) is 0.304. The molecule has 0 bridgehead atoms. The first-order valence-electron chi connectivity index (χ1n) is 9.89. The topological polar surface area (TPSA) is 106 Å². The van der Waals surface area contributed by atoms with E-state index in [0.29, 0.717) is 29.2 Å². The van der Waals surface area contributed by atoms with Crippen LogP contribution in [0.15, 0.2) is 65.8 Å². The van der Waals surface area contributed by atoms with Crippen LogP contribution in [0.4, 0.5) is 0 Å². The first kappa shape index (κ1) is 24.9. The molecule has 3 rings (SSSR count). The van der Waals surface area contributed by atoms with Crippen molar-refractivity contribution in [2.45, 2.75) is 6.61 Å². The van der Waals surface area contributed by atoms with Crippen LogP contribution in [0.25, 0.3) is 0 Å². The lowest BCUT2D eigenvalue weighted by molar-refractivity contribution is -0.139. The molecule has 0 heterocycles. The van der Waals surface area contributed by atoms with Gasteiger partial charge < -0.3 is 19.3 Å². The number of nitrogens with one attached hydrogen (secondary N) is 1. The highest BCUT2D eigenvalue weighted by Gasteiger charge is 2.13. The number of benzene rings is 3. The summed E-state index contributed by atoms with van der Waals surface area (Å²) < 4.78 is 16.2. The Morgan fingerprint density at radius 1 is 1.00 bits per heavy atom. The predicted molar refractivity (Wildman–Crippen MR) is 128 cm³/mol. The Morgan fingerprint density at radius 2 is 1.71 bits per heavy atom. The van der Waals surface area contributed by atoms with Crippen molar-refractivity contribution in [2.75, 3.05) is 13.7 Å². The summed E-state index contributed by atoms with van der Waals surface area (Å²) in [7, 11) is 1.49. The molecular formula is C24H20Cl2N2O6. The summed E-state index contributed by atoms with van der Waals surface area (Å²) >= 11 is 12.2. The van der Waals surface area contributed by atoms with Crippen molar-refractivity contribution in [2.24, 2.45) is 5.10 Å². The second-order valence-electron chi connectivity index (χ2n) is 6.84. The van der Waals surface area contributed by atoms with Gasteiger partial charge in [-0.3, -0.25) is 4.79 Å². The number of hydrogen-bond donors (Lipinski definition) is 2. The number of hydrazone groups is 1. The van der Waals surface area contributed by atoms with Gasteiger partial charge in [0.2, 0.25) is 0 Å². The molecule has 0 aliphatic heterocycles. The van der Waals surface area contributed by atoms with Crippen molar-refractivity contribution >= 4 is 41.3 Å². The average molecular weight is 503 g/mol. The fourth-order valence-electron chi connectivity index (χ4n) is 2.82. The summed E-state index contributed by atoms with van der Waals surface area (Å²) in [6, 6.07) is 17.4. The number of aliphatic carboxylic acids is 1. The van der Waals surface area contributed by atoms with E-state index in [1.54, 1.807) is 18.2 Å². The standard InChI is InChI=1S/C24H20Cl2N2O6/c1-32-21-11-17(7-8-20(21)33-13-15-5-3-2-4-6-15)24(31)28-27-12-16-9-18(25)23(19(26)10-16)34-14-22(29)30/h2-12H,13-14H2,1H3,(H,28,31)(H,29,30)/b27-12+. The lowest BCUT2D eigenvalue weighted by Crippen LogP contribution is -2.17. The van der Waals surface area contributed by atoms with Gasteiger partial charge in [-0.2, -0.15) is 5.10 Å². The maximum Gasteiger partial charge on any atom is 0.341 e. The first-order valence-corrected chi connectivity index (χ1v) is 10.6. The molecule has 2 N–H and O–H groups in total. The van der Waals surface area contributed by atoms with Gasteiger partial charge in [0.25, 0.3) is 5.91 Å². The number of hydrogen-bond acceptors (Lipinski definition) is 6. The van der Waals surface area contributed by atoms with Crippen LogP contribution in [-0.4, -0.2) is 36.9 Å². The maximum absolute atomic E-state index is 12.5. The van der Waals surface area contributed by atoms with Gasteiger partial charge in [0.1, 0.15) is 6.61 Å². The molecule has 0 atom stereocenters. The van der Waals surface area contributed by atoms with Gasteiger partial charge in [-0.25, -0.2) is 10.2 Å². The van der Waals surface area contributed by atoms with E-state index in [-0.39, 0.29) is 15.8 Å². The number of carbonyl (C=O) groups is 2. The molecule has 0 aromatic heterocycles. The highest BCUT2D eigenvalue weighted by molar-refractivity contribution is 6.37. The third-order valence-corrected chi connectivity index (χ3v) is 4.96. The minimum atomic E-state index is -1.16.